The molecule has 0 rings (SSSR count). The molecule has 0 heterocycles. The standard InChI is InChI=1S/C17H30/c1-6-16(4)12-8-7-9-13-17(5)14-10-11-15(2)3/h8,11-13,16H,6-7,9-10,14H2,1-5H3/b12-8-,17-13+. The summed E-state index contributed by atoms with van der Waals surface area (Å²) in [6.07, 6.45) is 15.4. The second kappa shape index (κ2) is 10.4. The van der Waals surface area contributed by atoms with Gasteiger partial charge in [-0.2, -0.15) is 0 Å². The lowest BCUT2D eigenvalue weighted by atomic mass is 10.1. The van der Waals surface area contributed by atoms with Crippen molar-refractivity contribution in [2.75, 3.05) is 0 Å². The van der Waals surface area contributed by atoms with Crippen molar-refractivity contribution in [1.82, 2.24) is 0 Å². The van der Waals surface area contributed by atoms with Crippen LogP contribution < -0.4 is 0 Å². The van der Waals surface area contributed by atoms with Gasteiger partial charge in [0.05, 0.1) is 0 Å². The van der Waals surface area contributed by atoms with Crippen LogP contribution in [-0.4, -0.2) is 0 Å². The molecule has 0 aromatic rings. The van der Waals surface area contributed by atoms with E-state index in [1.165, 1.54) is 43.3 Å². The minimum Gasteiger partial charge on any atom is -0.0880 e. The van der Waals surface area contributed by atoms with E-state index >= 15 is 0 Å². The van der Waals surface area contributed by atoms with E-state index in [0.29, 0.717) is 0 Å². The van der Waals surface area contributed by atoms with Gasteiger partial charge in [-0.25, -0.2) is 0 Å². The molecule has 98 valence electrons. The van der Waals surface area contributed by atoms with Gasteiger partial charge >= 0.3 is 0 Å². The molecular formula is C17H30. The summed E-state index contributed by atoms with van der Waals surface area (Å²) >= 11 is 0. The molecule has 1 unspecified atom stereocenters. The molecule has 0 radical (unpaired) electrons. The number of unbranched alkanes of at least 4 members (excludes halogenated alkanes) is 1. The van der Waals surface area contributed by atoms with Gasteiger partial charge in [-0.1, -0.05) is 55.7 Å². The zero-order chi connectivity index (χ0) is 13.1. The summed E-state index contributed by atoms with van der Waals surface area (Å²) in [6.45, 7) is 11.1. The predicted molar refractivity (Wildman–Crippen MR) is 80.3 cm³/mol. The molecule has 0 saturated carbocycles. The van der Waals surface area contributed by atoms with E-state index in [1.807, 2.05) is 0 Å². The predicted octanol–water partition coefficient (Wildman–Crippen LogP) is 6.06. The van der Waals surface area contributed by atoms with E-state index in [-0.39, 0.29) is 0 Å². The zero-order valence-corrected chi connectivity index (χ0v) is 12.4. The van der Waals surface area contributed by atoms with Crippen LogP contribution in [0, 0.1) is 5.92 Å². The van der Waals surface area contributed by atoms with Gasteiger partial charge in [-0.05, 0) is 52.4 Å². The van der Waals surface area contributed by atoms with Crippen LogP contribution in [0.15, 0.2) is 35.5 Å². The summed E-state index contributed by atoms with van der Waals surface area (Å²) in [5.41, 5.74) is 2.95. The van der Waals surface area contributed by atoms with Crippen molar-refractivity contribution in [3.05, 3.63) is 35.5 Å². The zero-order valence-electron chi connectivity index (χ0n) is 12.4. The number of allylic oxidation sites excluding steroid dienone is 6. The Morgan fingerprint density at radius 1 is 1.00 bits per heavy atom. The molecule has 0 aromatic heterocycles. The van der Waals surface area contributed by atoms with Crippen molar-refractivity contribution < 1.29 is 0 Å². The van der Waals surface area contributed by atoms with Gasteiger partial charge in [0.25, 0.3) is 0 Å². The molecule has 0 heteroatoms. The van der Waals surface area contributed by atoms with Crippen LogP contribution in [0.5, 0.6) is 0 Å². The average molecular weight is 234 g/mol. The average Bonchev–Trinajstić information content (AvgIpc) is 2.27. The summed E-state index contributed by atoms with van der Waals surface area (Å²) in [5, 5.41) is 0. The van der Waals surface area contributed by atoms with Crippen molar-refractivity contribution >= 4 is 0 Å². The van der Waals surface area contributed by atoms with Crippen molar-refractivity contribution in [2.24, 2.45) is 5.92 Å². The van der Waals surface area contributed by atoms with Gasteiger partial charge in [0, 0.05) is 0 Å². The smallest absolute Gasteiger partial charge is 0.0265 e. The quantitative estimate of drug-likeness (QED) is 0.353. The van der Waals surface area contributed by atoms with Gasteiger partial charge in [0.2, 0.25) is 0 Å². The highest BCUT2D eigenvalue weighted by molar-refractivity contribution is 5.02. The van der Waals surface area contributed by atoms with Crippen molar-refractivity contribution in [3.8, 4) is 0 Å². The summed E-state index contributed by atoms with van der Waals surface area (Å²) in [7, 11) is 0. The van der Waals surface area contributed by atoms with Crippen molar-refractivity contribution in [2.45, 2.75) is 66.7 Å². The molecular weight excluding hydrogens is 204 g/mol. The topological polar surface area (TPSA) is 0 Å². The highest BCUT2D eigenvalue weighted by Crippen LogP contribution is 2.09. The van der Waals surface area contributed by atoms with Crippen LogP contribution in [0.25, 0.3) is 0 Å². The summed E-state index contributed by atoms with van der Waals surface area (Å²) in [6, 6.07) is 0. The van der Waals surface area contributed by atoms with Gasteiger partial charge in [0.1, 0.15) is 0 Å². The molecule has 0 fully saturated rings. The minimum absolute atomic E-state index is 0.734. The third kappa shape index (κ3) is 11.5. The molecule has 17 heavy (non-hydrogen) atoms. The monoisotopic (exact) mass is 234 g/mol. The highest BCUT2D eigenvalue weighted by atomic mass is 14.0. The second-order valence-electron chi connectivity index (χ2n) is 5.26. The molecule has 0 N–H and O–H groups in total. The van der Waals surface area contributed by atoms with E-state index in [1.54, 1.807) is 0 Å². The number of hydrogen-bond donors (Lipinski definition) is 0. The summed E-state index contributed by atoms with van der Waals surface area (Å²) < 4.78 is 0. The Morgan fingerprint density at radius 3 is 2.29 bits per heavy atom. The van der Waals surface area contributed by atoms with E-state index in [4.69, 9.17) is 0 Å². The van der Waals surface area contributed by atoms with Crippen LogP contribution in [0.4, 0.5) is 0 Å². The van der Waals surface area contributed by atoms with E-state index in [2.05, 4.69) is 58.9 Å². The Bertz CT molecular complexity index is 262. The normalized spacial score (nSPS) is 14.1. The Kier molecular flexibility index (Phi) is 9.90. The molecule has 1 atom stereocenters. The molecule has 0 aliphatic carbocycles. The molecule has 0 aliphatic rings. The molecule has 0 nitrogen and oxygen atoms in total. The van der Waals surface area contributed by atoms with Crippen LogP contribution in [-0.2, 0) is 0 Å². The fourth-order valence-corrected chi connectivity index (χ4v) is 1.58. The Morgan fingerprint density at radius 2 is 1.71 bits per heavy atom. The largest absolute Gasteiger partial charge is 0.0880 e. The summed E-state index contributed by atoms with van der Waals surface area (Å²) in [4.78, 5) is 0. The first-order valence-electron chi connectivity index (χ1n) is 7.02. The first-order valence-corrected chi connectivity index (χ1v) is 7.02. The van der Waals surface area contributed by atoms with E-state index in [0.717, 1.165) is 5.92 Å². The van der Waals surface area contributed by atoms with Gasteiger partial charge in [-0.15, -0.1) is 0 Å². The molecule has 0 saturated heterocycles. The van der Waals surface area contributed by atoms with Gasteiger partial charge in [-0.3, -0.25) is 0 Å². The lowest BCUT2D eigenvalue weighted by Gasteiger charge is -2.00. The molecule has 0 amide bonds. The molecule has 0 bridgehead atoms. The fourth-order valence-electron chi connectivity index (χ4n) is 1.58. The van der Waals surface area contributed by atoms with Crippen molar-refractivity contribution in [1.29, 1.82) is 0 Å². The Balaban J connectivity index is 3.70. The van der Waals surface area contributed by atoms with Crippen molar-refractivity contribution in [3.63, 3.8) is 0 Å². The minimum atomic E-state index is 0.734. The Hall–Kier alpha value is -0.780. The first kappa shape index (κ1) is 16.2. The van der Waals surface area contributed by atoms with Crippen LogP contribution in [0.3, 0.4) is 0 Å². The highest BCUT2D eigenvalue weighted by Gasteiger charge is 1.90. The maximum atomic E-state index is 2.39. The first-order chi connectivity index (χ1) is 8.06. The second-order valence-corrected chi connectivity index (χ2v) is 5.26. The van der Waals surface area contributed by atoms with Gasteiger partial charge in [0.15, 0.2) is 0 Å². The SMILES string of the molecule is CCC(C)/C=C\CC/C=C(\C)CCC=C(C)C. The van der Waals surface area contributed by atoms with E-state index < -0.39 is 0 Å². The van der Waals surface area contributed by atoms with Crippen LogP contribution in [0.1, 0.15) is 66.7 Å². The van der Waals surface area contributed by atoms with Crippen LogP contribution in [0.2, 0.25) is 0 Å². The number of hydrogen-bond acceptors (Lipinski definition) is 0. The lowest BCUT2D eigenvalue weighted by Crippen LogP contribution is -1.83. The third-order valence-electron chi connectivity index (χ3n) is 3.03. The number of rotatable bonds is 8. The van der Waals surface area contributed by atoms with Crippen LogP contribution >= 0.6 is 0 Å². The van der Waals surface area contributed by atoms with E-state index in [9.17, 15) is 0 Å². The third-order valence-corrected chi connectivity index (χ3v) is 3.03. The molecule has 0 aromatic carbocycles. The lowest BCUT2D eigenvalue weighted by molar-refractivity contribution is 0.694. The fraction of sp³-hybridized carbons (Fsp3) is 0.647. The molecule has 0 spiro atoms. The Labute approximate surface area is 109 Å². The summed E-state index contributed by atoms with van der Waals surface area (Å²) in [5.74, 6) is 0.734. The molecule has 0 aliphatic heterocycles. The maximum absolute atomic E-state index is 2.39. The maximum Gasteiger partial charge on any atom is -0.0265 e. The van der Waals surface area contributed by atoms with Gasteiger partial charge < -0.3 is 0 Å².